The number of rotatable bonds is 6. The second-order valence-corrected chi connectivity index (χ2v) is 8.75. The summed E-state index contributed by atoms with van der Waals surface area (Å²) in [6, 6.07) is 0. The van der Waals surface area contributed by atoms with Crippen LogP contribution in [0, 0.1) is 17.8 Å². The Bertz CT molecular complexity index is 409. The first-order valence-electron chi connectivity index (χ1n) is 8.41. The van der Waals surface area contributed by atoms with Crippen LogP contribution in [0.2, 0.25) is 0 Å². The summed E-state index contributed by atoms with van der Waals surface area (Å²) < 4.78 is 28.8. The summed E-state index contributed by atoms with van der Waals surface area (Å²) >= 11 is 0. The third-order valence-electron chi connectivity index (χ3n) is 5.04. The van der Waals surface area contributed by atoms with Crippen LogP contribution in [0.3, 0.4) is 0 Å². The van der Waals surface area contributed by atoms with E-state index in [1.807, 2.05) is 0 Å². The molecule has 2 atom stereocenters. The zero-order valence-electron chi connectivity index (χ0n) is 13.7. The van der Waals surface area contributed by atoms with Crippen LogP contribution >= 0.6 is 0 Å². The van der Waals surface area contributed by atoms with Gasteiger partial charge in [0.25, 0.3) is 10.2 Å². The van der Waals surface area contributed by atoms with Gasteiger partial charge in [0.05, 0.1) is 0 Å². The van der Waals surface area contributed by atoms with Crippen LogP contribution < -0.4 is 5.32 Å². The van der Waals surface area contributed by atoms with Gasteiger partial charge in [-0.25, -0.2) is 0 Å². The van der Waals surface area contributed by atoms with Gasteiger partial charge in [-0.1, -0.05) is 20.8 Å². The third-order valence-corrected chi connectivity index (χ3v) is 7.01. The normalized spacial score (nSPS) is 30.0. The highest BCUT2D eigenvalue weighted by Gasteiger charge is 2.38. The van der Waals surface area contributed by atoms with E-state index in [2.05, 4.69) is 26.1 Å². The molecule has 0 radical (unpaired) electrons. The highest BCUT2D eigenvalue weighted by molar-refractivity contribution is 7.86. The zero-order valence-corrected chi connectivity index (χ0v) is 14.5. The molecule has 2 unspecified atom stereocenters. The number of piperidine rings is 1. The van der Waals surface area contributed by atoms with Gasteiger partial charge in [-0.15, -0.1) is 0 Å². The molecule has 0 aromatic carbocycles. The van der Waals surface area contributed by atoms with Gasteiger partial charge in [0.2, 0.25) is 0 Å². The molecule has 0 aromatic rings. The molecule has 2 aliphatic heterocycles. The van der Waals surface area contributed by atoms with Gasteiger partial charge in [0.15, 0.2) is 0 Å². The molecule has 0 saturated carbocycles. The van der Waals surface area contributed by atoms with E-state index in [4.69, 9.17) is 0 Å². The molecule has 5 nitrogen and oxygen atoms in total. The van der Waals surface area contributed by atoms with Crippen LogP contribution in [-0.4, -0.2) is 56.3 Å². The van der Waals surface area contributed by atoms with Crippen molar-refractivity contribution in [1.82, 2.24) is 13.9 Å². The quantitative estimate of drug-likeness (QED) is 0.756. The topological polar surface area (TPSA) is 52.7 Å². The molecule has 2 saturated heterocycles. The lowest BCUT2D eigenvalue weighted by atomic mass is 9.98. The van der Waals surface area contributed by atoms with E-state index in [1.165, 1.54) is 0 Å². The maximum atomic E-state index is 12.7. The van der Waals surface area contributed by atoms with E-state index in [9.17, 15) is 8.42 Å². The molecule has 124 valence electrons. The van der Waals surface area contributed by atoms with Gasteiger partial charge in [0.1, 0.15) is 0 Å². The van der Waals surface area contributed by atoms with Crippen molar-refractivity contribution >= 4 is 10.2 Å². The zero-order chi connectivity index (χ0) is 15.5. The van der Waals surface area contributed by atoms with Gasteiger partial charge in [0, 0.05) is 26.2 Å². The van der Waals surface area contributed by atoms with Crippen molar-refractivity contribution in [2.75, 3.05) is 39.3 Å². The van der Waals surface area contributed by atoms with Crippen LogP contribution in [0.25, 0.3) is 0 Å². The Balaban J connectivity index is 1.84. The lowest BCUT2D eigenvalue weighted by molar-refractivity contribution is 0.253. The third kappa shape index (κ3) is 4.18. The largest absolute Gasteiger partial charge is 0.316 e. The summed E-state index contributed by atoms with van der Waals surface area (Å²) in [5.74, 6) is 1.56. The van der Waals surface area contributed by atoms with Crippen LogP contribution in [-0.2, 0) is 10.2 Å². The van der Waals surface area contributed by atoms with Crippen molar-refractivity contribution in [3.05, 3.63) is 0 Å². The molecule has 2 heterocycles. The Morgan fingerprint density at radius 2 is 1.62 bits per heavy atom. The lowest BCUT2D eigenvalue weighted by Crippen LogP contribution is -2.47. The second kappa shape index (κ2) is 7.40. The average Bonchev–Trinajstić information content (AvgIpc) is 2.80. The molecule has 0 amide bonds. The van der Waals surface area contributed by atoms with Crippen LogP contribution in [0.15, 0.2) is 0 Å². The first-order valence-corrected chi connectivity index (χ1v) is 9.80. The minimum atomic E-state index is -3.23. The average molecular weight is 317 g/mol. The predicted octanol–water partition coefficient (Wildman–Crippen LogP) is 1.53. The molecule has 2 aliphatic rings. The first kappa shape index (κ1) is 17.2. The van der Waals surface area contributed by atoms with Crippen molar-refractivity contribution in [2.24, 2.45) is 17.8 Å². The fourth-order valence-electron chi connectivity index (χ4n) is 3.26. The van der Waals surface area contributed by atoms with Gasteiger partial charge >= 0.3 is 0 Å². The van der Waals surface area contributed by atoms with E-state index in [-0.39, 0.29) is 0 Å². The maximum Gasteiger partial charge on any atom is 0.281 e. The minimum Gasteiger partial charge on any atom is -0.316 e. The summed E-state index contributed by atoms with van der Waals surface area (Å²) in [6.07, 6.45) is 3.11. The van der Waals surface area contributed by atoms with Crippen molar-refractivity contribution in [2.45, 2.75) is 40.0 Å². The number of nitrogens with one attached hydrogen (secondary N) is 1. The monoisotopic (exact) mass is 317 g/mol. The Hall–Kier alpha value is -0.170. The molecule has 6 heteroatoms. The Kier molecular flexibility index (Phi) is 6.05. The summed E-state index contributed by atoms with van der Waals surface area (Å²) in [5, 5.41) is 3.45. The Morgan fingerprint density at radius 3 is 2.14 bits per heavy atom. The number of hydrogen-bond acceptors (Lipinski definition) is 3. The van der Waals surface area contributed by atoms with E-state index in [0.717, 1.165) is 32.4 Å². The molecule has 2 rings (SSSR count). The molecule has 0 aromatic heterocycles. The summed E-state index contributed by atoms with van der Waals surface area (Å²) in [7, 11) is -3.23. The van der Waals surface area contributed by atoms with Crippen molar-refractivity contribution in [1.29, 1.82) is 0 Å². The molecule has 21 heavy (non-hydrogen) atoms. The summed E-state index contributed by atoms with van der Waals surface area (Å²) in [6.45, 7) is 11.3. The SMILES string of the molecule is CCCNCC1CCN(S(=O)(=O)N2CC(C)C(C)C2)CC1. The highest BCUT2D eigenvalue weighted by atomic mass is 32.2. The standard InChI is InChI=1S/C15H31N3O2S/c1-4-7-16-10-15-5-8-17(9-6-15)21(19,20)18-11-13(2)14(3)12-18/h13-16H,4-12H2,1-3H3. The van der Waals surface area contributed by atoms with Gasteiger partial charge < -0.3 is 5.32 Å². The van der Waals surface area contributed by atoms with Gasteiger partial charge in [-0.3, -0.25) is 0 Å². The van der Waals surface area contributed by atoms with E-state index >= 15 is 0 Å². The molecule has 0 aliphatic carbocycles. The van der Waals surface area contributed by atoms with E-state index in [0.29, 0.717) is 43.9 Å². The maximum absolute atomic E-state index is 12.7. The summed E-state index contributed by atoms with van der Waals surface area (Å²) in [4.78, 5) is 0. The van der Waals surface area contributed by atoms with Crippen molar-refractivity contribution in [3.63, 3.8) is 0 Å². The van der Waals surface area contributed by atoms with Crippen molar-refractivity contribution in [3.8, 4) is 0 Å². The van der Waals surface area contributed by atoms with Gasteiger partial charge in [-0.05, 0) is 50.1 Å². The Morgan fingerprint density at radius 1 is 1.05 bits per heavy atom. The second-order valence-electron chi connectivity index (χ2n) is 6.83. The predicted molar refractivity (Wildman–Crippen MR) is 86.3 cm³/mol. The molecule has 2 fully saturated rings. The number of nitrogens with zero attached hydrogens (tertiary/aromatic N) is 2. The molecule has 0 bridgehead atoms. The van der Waals surface area contributed by atoms with E-state index < -0.39 is 10.2 Å². The first-order chi connectivity index (χ1) is 9.95. The molecular formula is C15H31N3O2S. The molecular weight excluding hydrogens is 286 g/mol. The van der Waals surface area contributed by atoms with Crippen LogP contribution in [0.5, 0.6) is 0 Å². The van der Waals surface area contributed by atoms with E-state index in [1.54, 1.807) is 8.61 Å². The lowest BCUT2D eigenvalue weighted by Gasteiger charge is -2.33. The number of hydrogen-bond donors (Lipinski definition) is 1. The highest BCUT2D eigenvalue weighted by Crippen LogP contribution is 2.28. The van der Waals surface area contributed by atoms with Crippen LogP contribution in [0.4, 0.5) is 0 Å². The Labute approximate surface area is 130 Å². The van der Waals surface area contributed by atoms with Crippen LogP contribution in [0.1, 0.15) is 40.0 Å². The molecule has 0 spiro atoms. The van der Waals surface area contributed by atoms with Gasteiger partial charge in [-0.2, -0.15) is 17.0 Å². The fourth-order valence-corrected chi connectivity index (χ4v) is 5.10. The minimum absolute atomic E-state index is 0.468. The fraction of sp³-hybridized carbons (Fsp3) is 1.00. The smallest absolute Gasteiger partial charge is 0.281 e. The van der Waals surface area contributed by atoms with Crippen molar-refractivity contribution < 1.29 is 8.42 Å². The molecule has 1 N–H and O–H groups in total. The summed E-state index contributed by atoms with van der Waals surface area (Å²) in [5.41, 5.74) is 0.